The second kappa shape index (κ2) is 4.10. The van der Waals surface area contributed by atoms with Crippen molar-refractivity contribution in [1.82, 2.24) is 9.07 Å². The lowest BCUT2D eigenvalue weighted by atomic mass is 10.1. The van der Waals surface area contributed by atoms with Gasteiger partial charge in [0.05, 0.1) is 16.6 Å². The first-order valence-electron chi connectivity index (χ1n) is 5.13. The molecule has 4 nitrogen and oxygen atoms in total. The van der Waals surface area contributed by atoms with E-state index in [2.05, 4.69) is 27.6 Å². The van der Waals surface area contributed by atoms with Crippen molar-refractivity contribution >= 4 is 62.1 Å². The minimum Gasteiger partial charge on any atom is -0.365 e. The zero-order valence-corrected chi connectivity index (χ0v) is 11.9. The van der Waals surface area contributed by atoms with Crippen molar-refractivity contribution in [3.8, 4) is 0 Å². The van der Waals surface area contributed by atoms with Crippen LogP contribution in [0.25, 0.3) is 21.8 Å². The molecule has 2 N–H and O–H groups in total. The smallest absolute Gasteiger partial charge is 0.252 e. The molecule has 0 aliphatic carbocycles. The molecule has 0 saturated carbocycles. The number of carbonyl (C=O) groups excluding carboxylic acids is 1. The summed E-state index contributed by atoms with van der Waals surface area (Å²) < 4.78 is 2.55. The van der Waals surface area contributed by atoms with E-state index in [4.69, 9.17) is 17.5 Å². The average molecular weight is 372 g/mol. The number of amides is 1. The Hall–Kier alpha value is -1.34. The molecule has 1 amide bonds. The largest absolute Gasteiger partial charge is 0.365 e. The van der Waals surface area contributed by atoms with E-state index in [1.54, 1.807) is 6.20 Å². The monoisotopic (exact) mass is 371 g/mol. The van der Waals surface area contributed by atoms with Crippen molar-refractivity contribution < 1.29 is 4.79 Å². The van der Waals surface area contributed by atoms with Gasteiger partial charge in [-0.25, -0.2) is 0 Å². The minimum atomic E-state index is -0.535. The van der Waals surface area contributed by atoms with Gasteiger partial charge in [-0.05, 0) is 40.8 Å². The molecule has 2 aromatic heterocycles. The second-order valence-corrected chi connectivity index (χ2v) is 5.47. The first-order chi connectivity index (χ1) is 8.59. The summed E-state index contributed by atoms with van der Waals surface area (Å²) in [7, 11) is 0. The fourth-order valence-electron chi connectivity index (χ4n) is 2.06. The molecule has 3 aromatic rings. The molecule has 0 unspecified atom stereocenters. The predicted molar refractivity (Wildman–Crippen MR) is 79.7 cm³/mol. The SMILES string of the molecule is NC(=O)c1cncc2c3cc(I)ccc3n(Cl)c12. The van der Waals surface area contributed by atoms with Gasteiger partial charge in [-0.15, -0.1) is 0 Å². The first-order valence-corrected chi connectivity index (χ1v) is 6.55. The quantitative estimate of drug-likeness (QED) is 0.669. The molecule has 2 heterocycles. The van der Waals surface area contributed by atoms with E-state index in [-0.39, 0.29) is 0 Å². The first kappa shape index (κ1) is 11.7. The molecule has 0 aliphatic heterocycles. The number of primary amides is 1. The number of carbonyl (C=O) groups is 1. The van der Waals surface area contributed by atoms with Gasteiger partial charge in [0.25, 0.3) is 5.91 Å². The van der Waals surface area contributed by atoms with Crippen molar-refractivity contribution in [1.29, 1.82) is 0 Å². The van der Waals surface area contributed by atoms with Gasteiger partial charge in [0.2, 0.25) is 0 Å². The Kier molecular flexibility index (Phi) is 2.67. The number of halogens is 2. The topological polar surface area (TPSA) is 60.9 Å². The van der Waals surface area contributed by atoms with E-state index >= 15 is 0 Å². The zero-order valence-electron chi connectivity index (χ0n) is 9.02. The van der Waals surface area contributed by atoms with Gasteiger partial charge < -0.3 is 5.73 Å². The standard InChI is InChI=1S/C12H7ClIN3O/c13-17-10-2-1-6(14)3-7(10)8-4-16-5-9(11(8)17)12(15)18/h1-5H,(H2,15,18). The fraction of sp³-hybridized carbons (Fsp3) is 0. The fourth-order valence-corrected chi connectivity index (χ4v) is 2.88. The summed E-state index contributed by atoms with van der Waals surface area (Å²) >= 11 is 8.50. The Labute approximate surface area is 121 Å². The van der Waals surface area contributed by atoms with Crippen LogP contribution in [-0.2, 0) is 0 Å². The summed E-state index contributed by atoms with van der Waals surface area (Å²) in [5.74, 6) is -0.535. The van der Waals surface area contributed by atoms with Crippen molar-refractivity contribution in [2.45, 2.75) is 0 Å². The van der Waals surface area contributed by atoms with Gasteiger partial charge in [-0.1, -0.05) is 0 Å². The molecule has 0 radical (unpaired) electrons. The molecule has 3 rings (SSSR count). The Morgan fingerprint density at radius 3 is 2.83 bits per heavy atom. The van der Waals surface area contributed by atoms with E-state index in [0.29, 0.717) is 11.1 Å². The summed E-state index contributed by atoms with van der Waals surface area (Å²) in [6.45, 7) is 0. The number of benzene rings is 1. The van der Waals surface area contributed by atoms with Crippen LogP contribution in [-0.4, -0.2) is 15.0 Å². The van der Waals surface area contributed by atoms with Crippen LogP contribution in [0.2, 0.25) is 0 Å². The minimum absolute atomic E-state index is 0.328. The molecule has 1 aromatic carbocycles. The van der Waals surface area contributed by atoms with Gasteiger partial charge in [0.1, 0.15) is 0 Å². The van der Waals surface area contributed by atoms with Gasteiger partial charge in [0.15, 0.2) is 0 Å². The summed E-state index contributed by atoms with van der Waals surface area (Å²) in [5.41, 5.74) is 7.12. The van der Waals surface area contributed by atoms with Crippen molar-refractivity contribution in [3.63, 3.8) is 0 Å². The molecule has 18 heavy (non-hydrogen) atoms. The molecule has 0 bridgehead atoms. The maximum Gasteiger partial charge on any atom is 0.252 e. The molecule has 0 spiro atoms. The molecule has 6 heteroatoms. The zero-order chi connectivity index (χ0) is 12.9. The highest BCUT2D eigenvalue weighted by atomic mass is 127. The molecule has 0 fully saturated rings. The average Bonchev–Trinajstić information content (AvgIpc) is 2.63. The number of nitrogens with zero attached hydrogens (tertiary/aromatic N) is 2. The summed E-state index contributed by atoms with van der Waals surface area (Å²) in [5, 5.41) is 1.79. The van der Waals surface area contributed by atoms with Gasteiger partial charge in [-0.3, -0.25) is 13.9 Å². The van der Waals surface area contributed by atoms with Crippen LogP contribution in [0.15, 0.2) is 30.6 Å². The third-order valence-corrected chi connectivity index (χ3v) is 3.86. The highest BCUT2D eigenvalue weighted by Crippen LogP contribution is 2.32. The number of rotatable bonds is 1. The number of nitrogens with two attached hydrogens (primary N) is 1. The molecule has 0 atom stereocenters. The maximum atomic E-state index is 11.4. The third kappa shape index (κ3) is 1.58. The Morgan fingerprint density at radius 1 is 1.33 bits per heavy atom. The lowest BCUT2D eigenvalue weighted by Crippen LogP contribution is -2.12. The van der Waals surface area contributed by atoms with E-state index in [9.17, 15) is 4.79 Å². The van der Waals surface area contributed by atoms with Gasteiger partial charge >= 0.3 is 0 Å². The van der Waals surface area contributed by atoms with Crippen LogP contribution in [0.4, 0.5) is 0 Å². The molecule has 0 aliphatic rings. The number of hydrogen-bond acceptors (Lipinski definition) is 2. The van der Waals surface area contributed by atoms with Crippen molar-refractivity contribution in [2.24, 2.45) is 5.73 Å². The predicted octanol–water partition coefficient (Wildman–Crippen LogP) is 2.89. The molecular weight excluding hydrogens is 365 g/mol. The number of fused-ring (bicyclic) bond motifs is 3. The second-order valence-electron chi connectivity index (χ2n) is 3.89. The normalized spacial score (nSPS) is 11.2. The molecule has 90 valence electrons. The summed E-state index contributed by atoms with van der Waals surface area (Å²) in [6.07, 6.45) is 3.13. The van der Waals surface area contributed by atoms with Crippen molar-refractivity contribution in [3.05, 3.63) is 39.7 Å². The van der Waals surface area contributed by atoms with Crippen LogP contribution in [0.1, 0.15) is 10.4 Å². The summed E-state index contributed by atoms with van der Waals surface area (Å²) in [4.78, 5) is 15.5. The number of pyridine rings is 1. The van der Waals surface area contributed by atoms with E-state index in [1.807, 2.05) is 18.2 Å². The van der Waals surface area contributed by atoms with Crippen LogP contribution >= 0.6 is 34.4 Å². The van der Waals surface area contributed by atoms with Crippen LogP contribution in [0.5, 0.6) is 0 Å². The van der Waals surface area contributed by atoms with E-state index in [1.165, 1.54) is 10.3 Å². The number of aromatic nitrogens is 2. The van der Waals surface area contributed by atoms with Crippen LogP contribution < -0.4 is 5.73 Å². The van der Waals surface area contributed by atoms with Gasteiger partial charge in [-0.2, -0.15) is 0 Å². The summed E-state index contributed by atoms with van der Waals surface area (Å²) in [6, 6.07) is 5.87. The molecule has 0 saturated heterocycles. The maximum absolute atomic E-state index is 11.4. The van der Waals surface area contributed by atoms with Crippen LogP contribution in [0.3, 0.4) is 0 Å². The van der Waals surface area contributed by atoms with Crippen LogP contribution in [0, 0.1) is 3.57 Å². The highest BCUT2D eigenvalue weighted by Gasteiger charge is 2.16. The van der Waals surface area contributed by atoms with Gasteiger partial charge in [0, 0.05) is 38.5 Å². The highest BCUT2D eigenvalue weighted by molar-refractivity contribution is 14.1. The van der Waals surface area contributed by atoms with E-state index in [0.717, 1.165) is 19.9 Å². The van der Waals surface area contributed by atoms with E-state index < -0.39 is 5.91 Å². The lowest BCUT2D eigenvalue weighted by molar-refractivity contribution is 0.100. The Morgan fingerprint density at radius 2 is 2.11 bits per heavy atom. The van der Waals surface area contributed by atoms with Crippen molar-refractivity contribution in [2.75, 3.05) is 0 Å². The lowest BCUT2D eigenvalue weighted by Gasteiger charge is -1.99. The Balaban J connectivity index is 2.59. The Bertz CT molecular complexity index is 797. The third-order valence-electron chi connectivity index (χ3n) is 2.84. The molecular formula is C12H7ClIN3O. The number of hydrogen-bond donors (Lipinski definition) is 1.